The van der Waals surface area contributed by atoms with Crippen molar-refractivity contribution in [2.24, 2.45) is 10.1 Å². The lowest BCUT2D eigenvalue weighted by atomic mass is 9.75. The number of methoxy groups -OCH3 is 2. The van der Waals surface area contributed by atoms with Gasteiger partial charge in [-0.3, -0.25) is 9.79 Å². The summed E-state index contributed by atoms with van der Waals surface area (Å²) in [5, 5.41) is 5.48. The molecule has 6 rings (SSSR count). The summed E-state index contributed by atoms with van der Waals surface area (Å²) in [4.78, 5) is 21.2. The average Bonchev–Trinajstić information content (AvgIpc) is 3.41. The smallest absolute Gasteiger partial charge is 0.244 e. The molecule has 1 aromatic heterocycles. The van der Waals surface area contributed by atoms with E-state index in [-0.39, 0.29) is 18.4 Å². The molecular weight excluding hydrogens is 500 g/mol. The molecule has 4 aromatic rings. The minimum atomic E-state index is -0.157. The van der Waals surface area contributed by atoms with Gasteiger partial charge >= 0.3 is 0 Å². The summed E-state index contributed by atoms with van der Waals surface area (Å²) in [5.41, 5.74) is 10.7. The number of nitrogens with one attached hydrogen (secondary N) is 2. The van der Waals surface area contributed by atoms with E-state index in [9.17, 15) is 4.79 Å². The zero-order valence-corrected chi connectivity index (χ0v) is 23.2. The molecule has 2 aliphatic rings. The third-order valence-corrected chi connectivity index (χ3v) is 8.16. The summed E-state index contributed by atoms with van der Waals surface area (Å²) in [5.74, 6) is 1.70. The number of amides is 1. The van der Waals surface area contributed by atoms with Crippen molar-refractivity contribution in [2.75, 3.05) is 14.2 Å². The number of H-pyrrole nitrogens is 1. The third-order valence-electron chi connectivity index (χ3n) is 8.16. The number of rotatable bonds is 7. The van der Waals surface area contributed by atoms with Crippen LogP contribution in [-0.2, 0) is 11.2 Å². The third kappa shape index (κ3) is 4.88. The molecule has 0 radical (unpaired) electrons. The van der Waals surface area contributed by atoms with Gasteiger partial charge in [0.05, 0.1) is 38.1 Å². The van der Waals surface area contributed by atoms with Gasteiger partial charge in [-0.25, -0.2) is 5.43 Å². The number of aliphatic imine (C=N–C) groups is 1. The highest BCUT2D eigenvalue weighted by Crippen LogP contribution is 2.44. The van der Waals surface area contributed by atoms with E-state index in [1.807, 2.05) is 49.5 Å². The Bertz CT molecular complexity index is 1630. The van der Waals surface area contributed by atoms with Crippen LogP contribution in [0.15, 0.2) is 77.0 Å². The van der Waals surface area contributed by atoms with Gasteiger partial charge in [0, 0.05) is 34.1 Å². The predicted octanol–water partition coefficient (Wildman–Crippen LogP) is 6.15. The summed E-state index contributed by atoms with van der Waals surface area (Å²) in [6, 6.07) is 20.7. The maximum atomic E-state index is 12.7. The van der Waals surface area contributed by atoms with Crippen LogP contribution in [0, 0.1) is 0 Å². The van der Waals surface area contributed by atoms with Crippen molar-refractivity contribution in [3.63, 3.8) is 0 Å². The van der Waals surface area contributed by atoms with Gasteiger partial charge in [-0.05, 0) is 60.7 Å². The van der Waals surface area contributed by atoms with Crippen LogP contribution in [-0.4, -0.2) is 42.6 Å². The fourth-order valence-corrected chi connectivity index (χ4v) is 6.09. The van der Waals surface area contributed by atoms with E-state index >= 15 is 0 Å². The summed E-state index contributed by atoms with van der Waals surface area (Å²) < 4.78 is 11.3. The van der Waals surface area contributed by atoms with Gasteiger partial charge in [0.25, 0.3) is 0 Å². The number of aromatic nitrogens is 1. The molecule has 1 aliphatic heterocycles. The van der Waals surface area contributed by atoms with Gasteiger partial charge in [0.2, 0.25) is 5.91 Å². The zero-order valence-electron chi connectivity index (χ0n) is 23.2. The van der Waals surface area contributed by atoms with Crippen LogP contribution in [0.1, 0.15) is 66.3 Å². The molecule has 2 heterocycles. The molecule has 2 atom stereocenters. The van der Waals surface area contributed by atoms with E-state index in [1.165, 1.54) is 18.4 Å². The van der Waals surface area contributed by atoms with Crippen LogP contribution < -0.4 is 14.9 Å². The molecule has 1 fully saturated rings. The normalized spacial score (nSPS) is 18.5. The molecule has 2 N–H and O–H groups in total. The highest BCUT2D eigenvalue weighted by Gasteiger charge is 2.34. The van der Waals surface area contributed by atoms with Gasteiger partial charge in [0.15, 0.2) is 11.5 Å². The number of carbonyl (C=O) groups is 1. The van der Waals surface area contributed by atoms with Gasteiger partial charge in [0.1, 0.15) is 0 Å². The molecule has 3 aromatic carbocycles. The van der Waals surface area contributed by atoms with E-state index in [0.717, 1.165) is 63.2 Å². The molecule has 1 saturated carbocycles. The molecule has 0 bridgehead atoms. The lowest BCUT2D eigenvalue weighted by Gasteiger charge is -2.35. The summed E-state index contributed by atoms with van der Waals surface area (Å²) >= 11 is 0. The van der Waals surface area contributed by atoms with Gasteiger partial charge < -0.3 is 14.5 Å². The van der Waals surface area contributed by atoms with Crippen LogP contribution in [0.25, 0.3) is 10.9 Å². The minimum Gasteiger partial charge on any atom is -0.493 e. The second-order valence-electron chi connectivity index (χ2n) is 10.6. The zero-order chi connectivity index (χ0) is 27.6. The molecule has 204 valence electrons. The first-order valence-electron chi connectivity index (χ1n) is 13.9. The molecule has 40 heavy (non-hydrogen) atoms. The Morgan fingerprint density at radius 3 is 2.67 bits per heavy atom. The first-order valence-corrected chi connectivity index (χ1v) is 13.9. The maximum Gasteiger partial charge on any atom is 0.244 e. The number of hydrazone groups is 1. The Balaban J connectivity index is 1.27. The number of carbonyl (C=O) groups excluding carboxylic acids is 1. The molecule has 7 nitrogen and oxygen atoms in total. The van der Waals surface area contributed by atoms with Crippen molar-refractivity contribution in [1.82, 2.24) is 10.4 Å². The van der Waals surface area contributed by atoms with Gasteiger partial charge in [-0.2, -0.15) is 5.10 Å². The van der Waals surface area contributed by atoms with Crippen molar-refractivity contribution in [3.05, 3.63) is 94.7 Å². The van der Waals surface area contributed by atoms with Crippen molar-refractivity contribution in [1.29, 1.82) is 0 Å². The lowest BCUT2D eigenvalue weighted by molar-refractivity contribution is -0.120. The Morgan fingerprint density at radius 1 is 1.02 bits per heavy atom. The monoisotopic (exact) mass is 534 g/mol. The lowest BCUT2D eigenvalue weighted by Crippen LogP contribution is -2.29. The number of fused-ring (bicyclic) bond motifs is 4. The number of aromatic amines is 1. The van der Waals surface area contributed by atoms with E-state index in [0.29, 0.717) is 11.7 Å². The fourth-order valence-electron chi connectivity index (χ4n) is 6.09. The molecule has 1 aliphatic carbocycles. The molecule has 0 unspecified atom stereocenters. The van der Waals surface area contributed by atoms with E-state index in [1.54, 1.807) is 14.2 Å². The van der Waals surface area contributed by atoms with Crippen LogP contribution >= 0.6 is 0 Å². The highest BCUT2D eigenvalue weighted by atomic mass is 16.5. The standard InChI is InChI=1S/C33H34N4O3/c1-20(36-37-32(38)16-23-19-34-28-13-6-4-11-24(23)28)21-9-8-10-22(15-21)33-27-18-31(40-3)30(39-2)17-26(27)25-12-5-7-14-29(25)35-33/h4,6,8-11,13,15,17-19,25,29,34H,5,7,12,14,16H2,1-3H3,(H,37,38)/t25-,29-/m1/s1. The van der Waals surface area contributed by atoms with Gasteiger partial charge in [-0.15, -0.1) is 0 Å². The average molecular weight is 535 g/mol. The summed E-state index contributed by atoms with van der Waals surface area (Å²) in [6.45, 7) is 1.91. The van der Waals surface area contributed by atoms with Gasteiger partial charge in [-0.1, -0.05) is 49.2 Å². The number of ether oxygens (including phenoxy) is 2. The first-order chi connectivity index (χ1) is 19.6. The van der Waals surface area contributed by atoms with E-state index in [2.05, 4.69) is 39.8 Å². The minimum absolute atomic E-state index is 0.157. The molecule has 7 heteroatoms. The molecule has 0 spiro atoms. The van der Waals surface area contributed by atoms with Crippen molar-refractivity contribution < 1.29 is 14.3 Å². The van der Waals surface area contributed by atoms with E-state index < -0.39 is 0 Å². The largest absolute Gasteiger partial charge is 0.493 e. The summed E-state index contributed by atoms with van der Waals surface area (Å²) in [6.07, 6.45) is 6.77. The SMILES string of the molecule is COc1cc2c(cc1OC)[C@H]1CCCC[C@H]1N=C2c1cccc(C(C)=NNC(=O)Cc2c[nH]c3ccccc23)c1. The van der Waals surface area contributed by atoms with Crippen molar-refractivity contribution >= 4 is 28.2 Å². The van der Waals surface area contributed by atoms with Crippen LogP contribution in [0.3, 0.4) is 0 Å². The van der Waals surface area contributed by atoms with E-state index in [4.69, 9.17) is 14.5 Å². The highest BCUT2D eigenvalue weighted by molar-refractivity contribution is 6.16. The number of hydrogen-bond donors (Lipinski definition) is 2. The summed E-state index contributed by atoms with van der Waals surface area (Å²) in [7, 11) is 3.35. The Kier molecular flexibility index (Phi) is 7.11. The Morgan fingerprint density at radius 2 is 1.82 bits per heavy atom. The quantitative estimate of drug-likeness (QED) is 0.220. The second kappa shape index (κ2) is 11.0. The second-order valence-corrected chi connectivity index (χ2v) is 10.6. The van der Waals surface area contributed by atoms with Crippen molar-refractivity contribution in [2.45, 2.75) is 51.0 Å². The Hall–Kier alpha value is -4.39. The van der Waals surface area contributed by atoms with Crippen LogP contribution in [0.5, 0.6) is 11.5 Å². The first kappa shape index (κ1) is 25.9. The maximum absolute atomic E-state index is 12.7. The van der Waals surface area contributed by atoms with Crippen LogP contribution in [0.4, 0.5) is 0 Å². The molecular formula is C33H34N4O3. The number of para-hydroxylation sites is 1. The molecule has 0 saturated heterocycles. The fraction of sp³-hybridized carbons (Fsp3) is 0.303. The predicted molar refractivity (Wildman–Crippen MR) is 159 cm³/mol. The Labute approximate surface area is 234 Å². The van der Waals surface area contributed by atoms with Crippen molar-refractivity contribution in [3.8, 4) is 11.5 Å². The topological polar surface area (TPSA) is 88.1 Å². The number of hydrogen-bond acceptors (Lipinski definition) is 5. The number of benzene rings is 3. The van der Waals surface area contributed by atoms with Crippen LogP contribution in [0.2, 0.25) is 0 Å². The number of nitrogens with zero attached hydrogens (tertiary/aromatic N) is 2. The molecule has 1 amide bonds.